The molecule has 2 aliphatic heterocycles. The van der Waals surface area contributed by atoms with Crippen LogP contribution in [0.25, 0.3) is 0 Å². The van der Waals surface area contributed by atoms with Gasteiger partial charge in [-0.3, -0.25) is 24.6 Å². The Labute approximate surface area is 219 Å². The van der Waals surface area contributed by atoms with Crippen LogP contribution < -0.4 is 5.32 Å². The SMILES string of the molecule is CCc1cccc([C@H]2[C@H]([N+](=O)[O-])[C@H](CCC(=O)OC)N(CC3CC3)[C@@]23C(=O)Nc2cc(Cl)ccc23)c1F. The van der Waals surface area contributed by atoms with Gasteiger partial charge in [-0.05, 0) is 49.3 Å². The molecule has 3 aliphatic rings. The van der Waals surface area contributed by atoms with Crippen LogP contribution in [0.4, 0.5) is 10.1 Å². The first-order valence-corrected chi connectivity index (χ1v) is 13.0. The van der Waals surface area contributed by atoms with Gasteiger partial charge >= 0.3 is 5.97 Å². The third-order valence-corrected chi connectivity index (χ3v) is 8.35. The van der Waals surface area contributed by atoms with Gasteiger partial charge in [-0.2, -0.15) is 0 Å². The number of hydrogen-bond donors (Lipinski definition) is 1. The molecule has 196 valence electrons. The van der Waals surface area contributed by atoms with Gasteiger partial charge in [0.1, 0.15) is 11.4 Å². The molecule has 2 aromatic carbocycles. The number of anilines is 1. The lowest BCUT2D eigenvalue weighted by Crippen LogP contribution is -2.52. The number of carbonyl (C=O) groups is 2. The molecule has 2 fully saturated rings. The fourth-order valence-corrected chi connectivity index (χ4v) is 6.49. The topological polar surface area (TPSA) is 102 Å². The lowest BCUT2D eigenvalue weighted by Gasteiger charge is -2.39. The summed E-state index contributed by atoms with van der Waals surface area (Å²) in [6.07, 6.45) is 2.34. The zero-order valence-corrected chi connectivity index (χ0v) is 21.5. The Kier molecular flexibility index (Phi) is 6.70. The Bertz CT molecular complexity index is 1270. The molecule has 1 aliphatic carbocycles. The first-order valence-electron chi connectivity index (χ1n) is 12.6. The van der Waals surface area contributed by atoms with Crippen LogP contribution in [0.15, 0.2) is 36.4 Å². The highest BCUT2D eigenvalue weighted by Gasteiger charge is 2.71. The first-order chi connectivity index (χ1) is 17.7. The largest absolute Gasteiger partial charge is 0.469 e. The number of likely N-dealkylation sites (tertiary alicyclic amines) is 1. The minimum absolute atomic E-state index is 0.0535. The van der Waals surface area contributed by atoms with Crippen molar-refractivity contribution in [3.63, 3.8) is 0 Å². The molecule has 0 aromatic heterocycles. The minimum atomic E-state index is -1.53. The van der Waals surface area contributed by atoms with Crippen LogP contribution in [0.3, 0.4) is 0 Å². The number of aryl methyl sites for hydroxylation is 1. The van der Waals surface area contributed by atoms with Crippen molar-refractivity contribution in [3.05, 3.63) is 74.0 Å². The molecule has 0 unspecified atom stereocenters. The fraction of sp³-hybridized carbons (Fsp3) is 0.481. The number of ether oxygens (including phenoxy) is 1. The van der Waals surface area contributed by atoms with Crippen LogP contribution in [0, 0.1) is 21.8 Å². The molecule has 1 saturated heterocycles. The van der Waals surface area contributed by atoms with Gasteiger partial charge < -0.3 is 10.1 Å². The van der Waals surface area contributed by atoms with Crippen molar-refractivity contribution in [1.82, 2.24) is 4.90 Å². The molecular formula is C27H29ClFN3O5. The van der Waals surface area contributed by atoms with E-state index in [1.54, 1.807) is 36.4 Å². The van der Waals surface area contributed by atoms with E-state index in [-0.39, 0.29) is 24.3 Å². The van der Waals surface area contributed by atoms with Crippen LogP contribution in [-0.4, -0.2) is 47.4 Å². The number of nitro groups is 1. The molecule has 0 bridgehead atoms. The highest BCUT2D eigenvalue weighted by atomic mass is 35.5. The summed E-state index contributed by atoms with van der Waals surface area (Å²) in [4.78, 5) is 40.5. The zero-order valence-electron chi connectivity index (χ0n) is 20.7. The number of methoxy groups -OCH3 is 1. The van der Waals surface area contributed by atoms with Crippen molar-refractivity contribution in [2.75, 3.05) is 19.0 Å². The first kappa shape index (κ1) is 25.6. The number of nitrogens with zero attached hydrogens (tertiary/aromatic N) is 2. The van der Waals surface area contributed by atoms with Crippen molar-refractivity contribution in [2.45, 2.75) is 62.6 Å². The third kappa shape index (κ3) is 4.08. The van der Waals surface area contributed by atoms with Crippen molar-refractivity contribution >= 4 is 29.2 Å². The summed E-state index contributed by atoms with van der Waals surface area (Å²) in [6, 6.07) is 7.74. The molecular weight excluding hydrogens is 501 g/mol. The summed E-state index contributed by atoms with van der Waals surface area (Å²) in [5.74, 6) is -2.33. The molecule has 4 atom stereocenters. The number of halogens is 2. The minimum Gasteiger partial charge on any atom is -0.469 e. The van der Waals surface area contributed by atoms with Crippen LogP contribution in [0.2, 0.25) is 5.02 Å². The van der Waals surface area contributed by atoms with Gasteiger partial charge in [0.05, 0.1) is 19.1 Å². The van der Waals surface area contributed by atoms with Gasteiger partial charge in [0.2, 0.25) is 6.04 Å². The summed E-state index contributed by atoms with van der Waals surface area (Å²) >= 11 is 6.24. The molecule has 2 aromatic rings. The van der Waals surface area contributed by atoms with Crippen LogP contribution >= 0.6 is 11.6 Å². The maximum Gasteiger partial charge on any atom is 0.305 e. The van der Waals surface area contributed by atoms with E-state index in [0.29, 0.717) is 34.8 Å². The van der Waals surface area contributed by atoms with E-state index < -0.39 is 46.2 Å². The molecule has 37 heavy (non-hydrogen) atoms. The molecule has 1 amide bonds. The molecule has 1 spiro atoms. The number of nitrogens with one attached hydrogen (secondary N) is 1. The quantitative estimate of drug-likeness (QED) is 0.303. The Morgan fingerprint density at radius 3 is 2.73 bits per heavy atom. The summed E-state index contributed by atoms with van der Waals surface area (Å²) < 4.78 is 20.8. The molecule has 5 rings (SSSR count). The number of carbonyl (C=O) groups excluding carboxylic acids is 2. The Balaban J connectivity index is 1.79. The second kappa shape index (κ2) is 9.68. The van der Waals surface area contributed by atoms with Crippen LogP contribution in [0.1, 0.15) is 55.2 Å². The van der Waals surface area contributed by atoms with Gasteiger partial charge in [0.15, 0.2) is 0 Å². The monoisotopic (exact) mass is 529 g/mol. The maximum atomic E-state index is 16.0. The normalized spacial score (nSPS) is 26.8. The number of rotatable bonds is 8. The average Bonchev–Trinajstić information content (AvgIpc) is 3.58. The van der Waals surface area contributed by atoms with Crippen molar-refractivity contribution in [1.29, 1.82) is 0 Å². The van der Waals surface area contributed by atoms with Gasteiger partial charge in [-0.1, -0.05) is 42.8 Å². The highest BCUT2D eigenvalue weighted by molar-refractivity contribution is 6.31. The summed E-state index contributed by atoms with van der Waals surface area (Å²) in [6.45, 7) is 2.24. The van der Waals surface area contributed by atoms with Crippen molar-refractivity contribution in [3.8, 4) is 0 Å². The van der Waals surface area contributed by atoms with E-state index in [0.717, 1.165) is 12.8 Å². The Hall–Kier alpha value is -3.04. The van der Waals surface area contributed by atoms with Crippen LogP contribution in [0.5, 0.6) is 0 Å². The van der Waals surface area contributed by atoms with E-state index in [2.05, 4.69) is 5.32 Å². The van der Waals surface area contributed by atoms with Gasteiger partial charge in [0, 0.05) is 39.7 Å². The maximum absolute atomic E-state index is 16.0. The second-order valence-corrected chi connectivity index (χ2v) is 10.6. The third-order valence-electron chi connectivity index (χ3n) is 8.12. The van der Waals surface area contributed by atoms with E-state index in [9.17, 15) is 19.7 Å². The zero-order chi connectivity index (χ0) is 26.5. The number of esters is 1. The van der Waals surface area contributed by atoms with Crippen molar-refractivity contribution in [2.24, 2.45) is 5.92 Å². The molecule has 1 N–H and O–H groups in total. The van der Waals surface area contributed by atoms with E-state index >= 15 is 4.39 Å². The lowest BCUT2D eigenvalue weighted by molar-refractivity contribution is -0.528. The fourth-order valence-electron chi connectivity index (χ4n) is 6.32. The van der Waals surface area contributed by atoms with E-state index in [4.69, 9.17) is 16.3 Å². The summed E-state index contributed by atoms with van der Waals surface area (Å²) in [5.41, 5.74) is 0.0396. The van der Waals surface area contributed by atoms with E-state index in [1.165, 1.54) is 7.11 Å². The molecule has 1 saturated carbocycles. The van der Waals surface area contributed by atoms with Gasteiger partial charge in [-0.25, -0.2) is 4.39 Å². The van der Waals surface area contributed by atoms with E-state index in [1.807, 2.05) is 11.8 Å². The second-order valence-electron chi connectivity index (χ2n) is 10.1. The average molecular weight is 530 g/mol. The highest BCUT2D eigenvalue weighted by Crippen LogP contribution is 2.59. The number of benzene rings is 2. The summed E-state index contributed by atoms with van der Waals surface area (Å²) in [7, 11) is 1.27. The summed E-state index contributed by atoms with van der Waals surface area (Å²) in [5, 5.41) is 16.1. The molecule has 2 heterocycles. The molecule has 8 nitrogen and oxygen atoms in total. The lowest BCUT2D eigenvalue weighted by atomic mass is 9.73. The molecule has 10 heteroatoms. The standard InChI is InChI=1S/C27H29ClFN3O5/c1-3-16-5-4-6-18(24(16)29)23-25(32(35)36)21(11-12-22(33)37-2)31(14-15-7-8-15)27(23)19-10-9-17(28)13-20(19)30-26(27)34/h4-6,9-10,13,15,21,23,25H,3,7-8,11-12,14H2,1-2H3,(H,30,34)/t21-,23-,25+,27+/m0/s1. The van der Waals surface area contributed by atoms with Gasteiger partial charge in [0.25, 0.3) is 5.91 Å². The number of hydrogen-bond acceptors (Lipinski definition) is 6. The molecule has 0 radical (unpaired) electrons. The smallest absolute Gasteiger partial charge is 0.305 e. The Morgan fingerprint density at radius 2 is 2.08 bits per heavy atom. The van der Waals surface area contributed by atoms with Crippen LogP contribution in [-0.2, 0) is 26.3 Å². The predicted molar refractivity (Wildman–Crippen MR) is 136 cm³/mol. The number of fused-ring (bicyclic) bond motifs is 2. The van der Waals surface area contributed by atoms with Gasteiger partial charge in [-0.15, -0.1) is 0 Å². The Morgan fingerprint density at radius 1 is 1.32 bits per heavy atom. The predicted octanol–water partition coefficient (Wildman–Crippen LogP) is 4.67. The number of amides is 1. The van der Waals surface area contributed by atoms with Crippen molar-refractivity contribution < 1.29 is 23.6 Å².